The predicted octanol–water partition coefficient (Wildman–Crippen LogP) is 3.69. The summed E-state index contributed by atoms with van der Waals surface area (Å²) < 4.78 is 10.6. The summed E-state index contributed by atoms with van der Waals surface area (Å²) >= 11 is 0. The third-order valence-corrected chi connectivity index (χ3v) is 4.42. The standard InChI is InChI=1S/C21H20N4O3/c1-13-5-3-4-6-15(13)11-22-21-23-14(2)9-17(25-21)20(26)24-16-7-8-18-19(10-16)28-12-27-18/h3-10H,11-12H2,1-2H3,(H,24,26)(H,22,23,25). The number of amides is 1. The summed E-state index contributed by atoms with van der Waals surface area (Å²) in [4.78, 5) is 21.4. The minimum absolute atomic E-state index is 0.188. The molecule has 1 aromatic heterocycles. The van der Waals surface area contributed by atoms with Gasteiger partial charge in [-0.2, -0.15) is 0 Å². The Labute approximate surface area is 162 Å². The first-order valence-corrected chi connectivity index (χ1v) is 8.93. The monoisotopic (exact) mass is 376 g/mol. The van der Waals surface area contributed by atoms with Crippen LogP contribution in [-0.4, -0.2) is 22.7 Å². The summed E-state index contributed by atoms with van der Waals surface area (Å²) in [5.74, 6) is 1.37. The zero-order chi connectivity index (χ0) is 19.5. The number of carbonyl (C=O) groups excluding carboxylic acids is 1. The first-order chi connectivity index (χ1) is 13.6. The zero-order valence-electron chi connectivity index (χ0n) is 15.7. The van der Waals surface area contributed by atoms with E-state index in [4.69, 9.17) is 9.47 Å². The molecule has 7 heteroatoms. The third kappa shape index (κ3) is 3.88. The number of anilines is 2. The SMILES string of the molecule is Cc1cc(C(=O)Nc2ccc3c(c2)OCO3)nc(NCc2ccccc2C)n1. The van der Waals surface area contributed by atoms with Gasteiger partial charge in [0, 0.05) is 24.0 Å². The molecule has 4 rings (SSSR count). The number of carbonyl (C=O) groups is 1. The average molecular weight is 376 g/mol. The Kier molecular flexibility index (Phi) is 4.80. The van der Waals surface area contributed by atoms with Gasteiger partial charge in [-0.3, -0.25) is 4.79 Å². The highest BCUT2D eigenvalue weighted by Crippen LogP contribution is 2.34. The molecule has 0 radical (unpaired) electrons. The lowest BCUT2D eigenvalue weighted by Gasteiger charge is -2.10. The second-order valence-electron chi connectivity index (χ2n) is 6.52. The van der Waals surface area contributed by atoms with Crippen molar-refractivity contribution in [2.75, 3.05) is 17.4 Å². The molecule has 7 nitrogen and oxygen atoms in total. The molecule has 142 valence electrons. The van der Waals surface area contributed by atoms with E-state index in [1.165, 1.54) is 5.56 Å². The number of hydrogen-bond donors (Lipinski definition) is 2. The van der Waals surface area contributed by atoms with Crippen LogP contribution in [0.25, 0.3) is 0 Å². The molecule has 0 spiro atoms. The van der Waals surface area contributed by atoms with Gasteiger partial charge in [-0.05, 0) is 43.2 Å². The summed E-state index contributed by atoms with van der Waals surface area (Å²) in [6.07, 6.45) is 0. The van der Waals surface area contributed by atoms with Crippen LogP contribution in [0.3, 0.4) is 0 Å². The zero-order valence-corrected chi connectivity index (χ0v) is 15.7. The Morgan fingerprint density at radius 3 is 2.71 bits per heavy atom. The fraction of sp³-hybridized carbons (Fsp3) is 0.190. The van der Waals surface area contributed by atoms with Crippen LogP contribution in [-0.2, 0) is 6.54 Å². The minimum atomic E-state index is -0.316. The van der Waals surface area contributed by atoms with Crippen molar-refractivity contribution in [1.29, 1.82) is 0 Å². The number of nitrogens with zero attached hydrogens (tertiary/aromatic N) is 2. The molecule has 2 aromatic carbocycles. The lowest BCUT2D eigenvalue weighted by Crippen LogP contribution is -2.16. The van der Waals surface area contributed by atoms with Gasteiger partial charge in [0.05, 0.1) is 0 Å². The number of hydrogen-bond acceptors (Lipinski definition) is 6. The van der Waals surface area contributed by atoms with Gasteiger partial charge in [-0.15, -0.1) is 0 Å². The van der Waals surface area contributed by atoms with Crippen LogP contribution in [0.1, 0.15) is 27.3 Å². The van der Waals surface area contributed by atoms with Gasteiger partial charge in [-0.1, -0.05) is 24.3 Å². The molecular weight excluding hydrogens is 356 g/mol. The molecule has 2 N–H and O–H groups in total. The van der Waals surface area contributed by atoms with Crippen molar-refractivity contribution >= 4 is 17.5 Å². The first-order valence-electron chi connectivity index (χ1n) is 8.93. The molecule has 1 aliphatic rings. The smallest absolute Gasteiger partial charge is 0.274 e. The Bertz CT molecular complexity index is 1040. The van der Waals surface area contributed by atoms with Crippen molar-refractivity contribution in [3.8, 4) is 11.5 Å². The minimum Gasteiger partial charge on any atom is -0.454 e. The summed E-state index contributed by atoms with van der Waals surface area (Å²) in [6.45, 7) is 4.66. The van der Waals surface area contributed by atoms with Gasteiger partial charge in [0.2, 0.25) is 12.7 Å². The Morgan fingerprint density at radius 2 is 1.86 bits per heavy atom. The van der Waals surface area contributed by atoms with E-state index in [-0.39, 0.29) is 18.4 Å². The van der Waals surface area contributed by atoms with Crippen molar-refractivity contribution in [3.05, 3.63) is 71.0 Å². The summed E-state index contributed by atoms with van der Waals surface area (Å²) in [5.41, 5.74) is 3.94. The van der Waals surface area contributed by atoms with Gasteiger partial charge in [0.25, 0.3) is 5.91 Å². The molecule has 0 saturated heterocycles. The fourth-order valence-electron chi connectivity index (χ4n) is 2.92. The van der Waals surface area contributed by atoms with Crippen molar-refractivity contribution in [1.82, 2.24) is 9.97 Å². The maximum Gasteiger partial charge on any atom is 0.274 e. The molecule has 0 fully saturated rings. The van der Waals surface area contributed by atoms with E-state index >= 15 is 0 Å². The molecule has 1 aliphatic heterocycles. The molecule has 2 heterocycles. The predicted molar refractivity (Wildman–Crippen MR) is 106 cm³/mol. The number of rotatable bonds is 5. The number of aryl methyl sites for hydroxylation is 2. The Balaban J connectivity index is 1.48. The van der Waals surface area contributed by atoms with Crippen molar-refractivity contribution < 1.29 is 14.3 Å². The highest BCUT2D eigenvalue weighted by Gasteiger charge is 2.16. The molecule has 28 heavy (non-hydrogen) atoms. The number of fused-ring (bicyclic) bond motifs is 1. The molecule has 0 aliphatic carbocycles. The lowest BCUT2D eigenvalue weighted by atomic mass is 10.1. The second kappa shape index (κ2) is 7.56. The van der Waals surface area contributed by atoms with E-state index in [1.807, 2.05) is 25.1 Å². The van der Waals surface area contributed by atoms with Crippen molar-refractivity contribution in [2.24, 2.45) is 0 Å². The Hall–Kier alpha value is -3.61. The summed E-state index contributed by atoms with van der Waals surface area (Å²) in [6, 6.07) is 15.0. The number of nitrogens with one attached hydrogen (secondary N) is 2. The summed E-state index contributed by atoms with van der Waals surface area (Å²) in [5, 5.41) is 6.03. The van der Waals surface area contributed by atoms with Gasteiger partial charge in [0.1, 0.15) is 5.69 Å². The number of benzene rings is 2. The fourth-order valence-corrected chi connectivity index (χ4v) is 2.92. The molecular formula is C21H20N4O3. The van der Waals surface area contributed by atoms with E-state index < -0.39 is 0 Å². The normalized spacial score (nSPS) is 11.9. The summed E-state index contributed by atoms with van der Waals surface area (Å²) in [7, 11) is 0. The lowest BCUT2D eigenvalue weighted by molar-refractivity contribution is 0.102. The van der Waals surface area contributed by atoms with Crippen LogP contribution in [0.5, 0.6) is 11.5 Å². The van der Waals surface area contributed by atoms with Crippen molar-refractivity contribution in [2.45, 2.75) is 20.4 Å². The van der Waals surface area contributed by atoms with Crippen molar-refractivity contribution in [3.63, 3.8) is 0 Å². The van der Waals surface area contributed by atoms with E-state index in [9.17, 15) is 4.79 Å². The van der Waals surface area contributed by atoms with Gasteiger partial charge >= 0.3 is 0 Å². The molecule has 0 bridgehead atoms. The van der Waals surface area contributed by atoms with Crippen LogP contribution < -0.4 is 20.1 Å². The van der Waals surface area contributed by atoms with E-state index in [1.54, 1.807) is 24.3 Å². The second-order valence-corrected chi connectivity index (χ2v) is 6.52. The maximum absolute atomic E-state index is 12.6. The maximum atomic E-state index is 12.6. The average Bonchev–Trinajstić information content (AvgIpc) is 3.15. The van der Waals surface area contributed by atoms with Gasteiger partial charge in [0.15, 0.2) is 11.5 Å². The third-order valence-electron chi connectivity index (χ3n) is 4.42. The molecule has 0 atom stereocenters. The van der Waals surface area contributed by atoms with Crippen LogP contribution in [0, 0.1) is 13.8 Å². The van der Waals surface area contributed by atoms with E-state index in [2.05, 4.69) is 33.6 Å². The number of ether oxygens (including phenoxy) is 2. The molecule has 3 aromatic rings. The largest absolute Gasteiger partial charge is 0.454 e. The van der Waals surface area contributed by atoms with Crippen LogP contribution >= 0.6 is 0 Å². The molecule has 1 amide bonds. The van der Waals surface area contributed by atoms with Crippen LogP contribution in [0.4, 0.5) is 11.6 Å². The van der Waals surface area contributed by atoms with Gasteiger partial charge < -0.3 is 20.1 Å². The van der Waals surface area contributed by atoms with Crippen LogP contribution in [0.2, 0.25) is 0 Å². The van der Waals surface area contributed by atoms with E-state index in [0.717, 1.165) is 5.56 Å². The highest BCUT2D eigenvalue weighted by molar-refractivity contribution is 6.03. The van der Waals surface area contributed by atoms with E-state index in [0.29, 0.717) is 35.4 Å². The topological polar surface area (TPSA) is 85.4 Å². The quantitative estimate of drug-likeness (QED) is 0.706. The Morgan fingerprint density at radius 1 is 1.04 bits per heavy atom. The molecule has 0 unspecified atom stereocenters. The van der Waals surface area contributed by atoms with Crippen LogP contribution in [0.15, 0.2) is 48.5 Å². The first kappa shape index (κ1) is 17.8. The number of aromatic nitrogens is 2. The molecule has 0 saturated carbocycles. The highest BCUT2D eigenvalue weighted by atomic mass is 16.7. The van der Waals surface area contributed by atoms with Gasteiger partial charge in [-0.25, -0.2) is 9.97 Å².